The zero-order chi connectivity index (χ0) is 12.1. The normalized spacial score (nSPS) is 12.4. The predicted molar refractivity (Wildman–Crippen MR) is 64.3 cm³/mol. The Kier molecular flexibility index (Phi) is 3.95. The van der Waals surface area contributed by atoms with Crippen molar-refractivity contribution in [3.8, 4) is 0 Å². The van der Waals surface area contributed by atoms with E-state index in [1.165, 1.54) is 0 Å². The van der Waals surface area contributed by atoms with E-state index in [-0.39, 0.29) is 6.04 Å². The lowest BCUT2D eigenvalue weighted by molar-refractivity contribution is 0.537. The minimum absolute atomic E-state index is 0.0636. The van der Waals surface area contributed by atoms with E-state index in [2.05, 4.69) is 25.5 Å². The summed E-state index contributed by atoms with van der Waals surface area (Å²) in [5.74, 6) is 0.759. The van der Waals surface area contributed by atoms with E-state index in [9.17, 15) is 0 Å². The Morgan fingerprint density at radius 3 is 2.65 bits per heavy atom. The molecule has 1 N–H and O–H groups in total. The molecule has 1 atom stereocenters. The van der Waals surface area contributed by atoms with Gasteiger partial charge in [-0.05, 0) is 25.1 Å². The SMILES string of the molecule is C[C@@H](NCc1ccc(Cl)nn1)c1ncccn1. The summed E-state index contributed by atoms with van der Waals surface area (Å²) in [6.45, 7) is 2.60. The van der Waals surface area contributed by atoms with Gasteiger partial charge in [0.2, 0.25) is 0 Å². The van der Waals surface area contributed by atoms with E-state index < -0.39 is 0 Å². The fourth-order valence-corrected chi connectivity index (χ4v) is 1.42. The number of hydrogen-bond acceptors (Lipinski definition) is 5. The first-order valence-electron chi connectivity index (χ1n) is 5.24. The van der Waals surface area contributed by atoms with Crippen LogP contribution < -0.4 is 5.32 Å². The highest BCUT2D eigenvalue weighted by Gasteiger charge is 2.07. The Morgan fingerprint density at radius 1 is 1.24 bits per heavy atom. The summed E-state index contributed by atoms with van der Waals surface area (Å²) >= 11 is 5.66. The highest BCUT2D eigenvalue weighted by atomic mass is 35.5. The van der Waals surface area contributed by atoms with Crippen LogP contribution in [0.4, 0.5) is 0 Å². The topological polar surface area (TPSA) is 63.6 Å². The molecule has 2 heterocycles. The van der Waals surface area contributed by atoms with Gasteiger partial charge in [0, 0.05) is 18.9 Å². The summed E-state index contributed by atoms with van der Waals surface area (Å²) < 4.78 is 0. The smallest absolute Gasteiger partial charge is 0.151 e. The molecule has 0 aliphatic heterocycles. The van der Waals surface area contributed by atoms with E-state index in [0.29, 0.717) is 11.7 Å². The van der Waals surface area contributed by atoms with Crippen molar-refractivity contribution in [1.29, 1.82) is 0 Å². The summed E-state index contributed by atoms with van der Waals surface area (Å²) in [6, 6.07) is 5.41. The number of aromatic nitrogens is 4. The Bertz CT molecular complexity index is 459. The van der Waals surface area contributed by atoms with Crippen molar-refractivity contribution in [2.75, 3.05) is 0 Å². The second-order valence-electron chi connectivity index (χ2n) is 3.56. The molecule has 0 saturated heterocycles. The summed E-state index contributed by atoms with van der Waals surface area (Å²) in [5.41, 5.74) is 0.831. The van der Waals surface area contributed by atoms with Gasteiger partial charge in [0.05, 0.1) is 11.7 Å². The molecule has 88 valence electrons. The minimum atomic E-state index is 0.0636. The summed E-state index contributed by atoms with van der Waals surface area (Å²) in [6.07, 6.45) is 3.45. The van der Waals surface area contributed by atoms with Gasteiger partial charge in [-0.3, -0.25) is 0 Å². The van der Waals surface area contributed by atoms with E-state index >= 15 is 0 Å². The van der Waals surface area contributed by atoms with Gasteiger partial charge < -0.3 is 5.32 Å². The molecule has 5 nitrogen and oxygen atoms in total. The fraction of sp³-hybridized carbons (Fsp3) is 0.273. The van der Waals surface area contributed by atoms with Gasteiger partial charge in [-0.25, -0.2) is 9.97 Å². The van der Waals surface area contributed by atoms with Crippen LogP contribution in [0.15, 0.2) is 30.6 Å². The second-order valence-corrected chi connectivity index (χ2v) is 3.94. The predicted octanol–water partition coefficient (Wildman–Crippen LogP) is 1.77. The molecule has 0 aliphatic rings. The summed E-state index contributed by atoms with van der Waals surface area (Å²) in [5, 5.41) is 11.4. The number of nitrogens with one attached hydrogen (secondary N) is 1. The van der Waals surface area contributed by atoms with E-state index in [0.717, 1.165) is 11.5 Å². The van der Waals surface area contributed by atoms with Crippen molar-refractivity contribution in [2.45, 2.75) is 19.5 Å². The molecule has 0 aromatic carbocycles. The Morgan fingerprint density at radius 2 is 2.00 bits per heavy atom. The number of halogens is 1. The van der Waals surface area contributed by atoms with Crippen molar-refractivity contribution < 1.29 is 0 Å². The van der Waals surface area contributed by atoms with Crippen LogP contribution in [0.1, 0.15) is 24.5 Å². The molecule has 17 heavy (non-hydrogen) atoms. The average molecular weight is 250 g/mol. The zero-order valence-electron chi connectivity index (χ0n) is 9.34. The molecule has 2 aromatic heterocycles. The van der Waals surface area contributed by atoms with Crippen LogP contribution in [-0.2, 0) is 6.54 Å². The number of nitrogens with zero attached hydrogens (tertiary/aromatic N) is 4. The maximum absolute atomic E-state index is 5.66. The van der Waals surface area contributed by atoms with E-state index in [4.69, 9.17) is 11.6 Å². The average Bonchev–Trinajstić information content (AvgIpc) is 2.39. The van der Waals surface area contributed by atoms with Crippen LogP contribution in [0.3, 0.4) is 0 Å². The van der Waals surface area contributed by atoms with Crippen LogP contribution in [0.25, 0.3) is 0 Å². The summed E-state index contributed by atoms with van der Waals surface area (Å²) in [4.78, 5) is 8.35. The van der Waals surface area contributed by atoms with Crippen molar-refractivity contribution >= 4 is 11.6 Å². The third kappa shape index (κ3) is 3.44. The van der Waals surface area contributed by atoms with Crippen molar-refractivity contribution in [3.05, 3.63) is 47.3 Å². The minimum Gasteiger partial charge on any atom is -0.302 e. The largest absolute Gasteiger partial charge is 0.302 e. The first-order chi connectivity index (χ1) is 8.25. The van der Waals surface area contributed by atoms with Gasteiger partial charge >= 0.3 is 0 Å². The highest BCUT2D eigenvalue weighted by molar-refractivity contribution is 6.29. The molecule has 0 unspecified atom stereocenters. The van der Waals surface area contributed by atoms with E-state index in [1.807, 2.05) is 13.0 Å². The summed E-state index contributed by atoms with van der Waals surface area (Å²) in [7, 11) is 0. The monoisotopic (exact) mass is 249 g/mol. The van der Waals surface area contributed by atoms with Gasteiger partial charge in [0.15, 0.2) is 5.15 Å². The lowest BCUT2D eigenvalue weighted by atomic mass is 10.3. The molecule has 0 saturated carbocycles. The third-order valence-corrected chi connectivity index (χ3v) is 2.45. The Hall–Kier alpha value is -1.59. The molecule has 0 aliphatic carbocycles. The highest BCUT2D eigenvalue weighted by Crippen LogP contribution is 2.07. The molecular formula is C11H12ClN5. The number of rotatable bonds is 4. The van der Waals surface area contributed by atoms with Gasteiger partial charge in [0.25, 0.3) is 0 Å². The van der Waals surface area contributed by atoms with E-state index in [1.54, 1.807) is 24.5 Å². The maximum atomic E-state index is 5.66. The third-order valence-electron chi connectivity index (χ3n) is 2.25. The lowest BCUT2D eigenvalue weighted by Gasteiger charge is -2.11. The van der Waals surface area contributed by atoms with Gasteiger partial charge in [0.1, 0.15) is 5.82 Å². The quantitative estimate of drug-likeness (QED) is 0.895. The first-order valence-corrected chi connectivity index (χ1v) is 5.62. The first kappa shape index (κ1) is 11.9. The van der Waals surface area contributed by atoms with Gasteiger partial charge in [-0.2, -0.15) is 5.10 Å². The van der Waals surface area contributed by atoms with Crippen LogP contribution in [0.5, 0.6) is 0 Å². The molecule has 2 rings (SSSR count). The molecule has 0 spiro atoms. The number of hydrogen-bond donors (Lipinski definition) is 1. The van der Waals surface area contributed by atoms with Gasteiger partial charge in [-0.1, -0.05) is 11.6 Å². The Labute approximate surface area is 104 Å². The lowest BCUT2D eigenvalue weighted by Crippen LogP contribution is -2.20. The van der Waals surface area contributed by atoms with Crippen LogP contribution >= 0.6 is 11.6 Å². The fourth-order valence-electron chi connectivity index (χ4n) is 1.32. The maximum Gasteiger partial charge on any atom is 0.151 e. The molecule has 2 aromatic rings. The van der Waals surface area contributed by atoms with Crippen LogP contribution in [0.2, 0.25) is 5.15 Å². The van der Waals surface area contributed by atoms with Crippen molar-refractivity contribution in [2.24, 2.45) is 0 Å². The Balaban J connectivity index is 1.92. The standard InChI is InChI=1S/C11H12ClN5/c1-8(11-13-5-2-6-14-11)15-7-9-3-4-10(12)17-16-9/h2-6,8,15H,7H2,1H3/t8-/m1/s1. The zero-order valence-corrected chi connectivity index (χ0v) is 10.1. The molecule has 6 heteroatoms. The van der Waals surface area contributed by atoms with Crippen molar-refractivity contribution in [1.82, 2.24) is 25.5 Å². The molecular weight excluding hydrogens is 238 g/mol. The molecule has 0 fully saturated rings. The molecule has 0 bridgehead atoms. The van der Waals surface area contributed by atoms with Crippen LogP contribution in [-0.4, -0.2) is 20.2 Å². The van der Waals surface area contributed by atoms with Gasteiger partial charge in [-0.15, -0.1) is 5.10 Å². The van der Waals surface area contributed by atoms with Crippen LogP contribution in [0, 0.1) is 0 Å². The van der Waals surface area contributed by atoms with Crippen molar-refractivity contribution in [3.63, 3.8) is 0 Å². The molecule has 0 radical (unpaired) electrons. The molecule has 0 amide bonds. The second kappa shape index (κ2) is 5.65.